The number of rotatable bonds is 4. The highest BCUT2D eigenvalue weighted by Crippen LogP contribution is 2.11. The van der Waals surface area contributed by atoms with Gasteiger partial charge in [0.25, 0.3) is 0 Å². The highest BCUT2D eigenvalue weighted by atomic mass is 32.1. The lowest BCUT2D eigenvalue weighted by Gasteiger charge is -2.04. The van der Waals surface area contributed by atoms with Gasteiger partial charge in [0, 0.05) is 29.5 Å². The Morgan fingerprint density at radius 3 is 2.89 bits per heavy atom. The molecule has 0 radical (unpaired) electrons. The predicted molar refractivity (Wildman–Crippen MR) is 77.2 cm³/mol. The van der Waals surface area contributed by atoms with Crippen LogP contribution in [-0.4, -0.2) is 9.97 Å². The van der Waals surface area contributed by atoms with Crippen LogP contribution in [0.4, 0.5) is 0 Å². The first-order valence-corrected chi connectivity index (χ1v) is 6.91. The minimum atomic E-state index is -0.0133. The number of benzene rings is 1. The fraction of sp³-hybridized carbons (Fsp3) is 0.143. The monoisotopic (exact) mass is 271 g/mol. The number of H-pyrrole nitrogens is 1. The molecule has 0 spiro atoms. The van der Waals surface area contributed by atoms with Crippen molar-refractivity contribution in [3.63, 3.8) is 0 Å². The summed E-state index contributed by atoms with van der Waals surface area (Å²) >= 11 is 1.19. The molecule has 0 fully saturated rings. The molecule has 2 aromatic heterocycles. The number of nitrogens with one attached hydrogen (secondary N) is 2. The maximum atomic E-state index is 11.0. The molecule has 2 heterocycles. The van der Waals surface area contributed by atoms with Gasteiger partial charge in [-0.05, 0) is 12.1 Å². The zero-order valence-electron chi connectivity index (χ0n) is 10.2. The van der Waals surface area contributed by atoms with Gasteiger partial charge in [-0.2, -0.15) is 0 Å². The van der Waals surface area contributed by atoms with E-state index < -0.39 is 0 Å². The summed E-state index contributed by atoms with van der Waals surface area (Å²) in [5.74, 6) is 0. The first-order chi connectivity index (χ1) is 9.31. The molecule has 2 N–H and O–H groups in total. The Morgan fingerprint density at radius 1 is 1.16 bits per heavy atom. The van der Waals surface area contributed by atoms with Crippen LogP contribution in [0.3, 0.4) is 0 Å². The summed E-state index contributed by atoms with van der Waals surface area (Å²) in [5.41, 5.74) is 2.91. The molecule has 0 saturated heterocycles. The van der Waals surface area contributed by atoms with E-state index in [0.717, 1.165) is 22.3 Å². The molecule has 0 bridgehead atoms. The molecule has 0 aliphatic carbocycles. The molecule has 4 nitrogen and oxygen atoms in total. The summed E-state index contributed by atoms with van der Waals surface area (Å²) in [5, 5.41) is 6.25. The first kappa shape index (κ1) is 12.1. The number of hydrogen-bond donors (Lipinski definition) is 2. The highest BCUT2D eigenvalue weighted by molar-refractivity contribution is 7.07. The van der Waals surface area contributed by atoms with Gasteiger partial charge in [0.1, 0.15) is 0 Å². The molecule has 0 saturated carbocycles. The van der Waals surface area contributed by atoms with Crippen molar-refractivity contribution in [3.8, 4) is 0 Å². The van der Waals surface area contributed by atoms with Crippen molar-refractivity contribution in [2.75, 3.05) is 0 Å². The minimum absolute atomic E-state index is 0.0133. The number of hydrogen-bond acceptors (Lipinski definition) is 4. The largest absolute Gasteiger partial charge is 0.315 e. The predicted octanol–water partition coefficient (Wildman–Crippen LogP) is 2.27. The third-order valence-electron chi connectivity index (χ3n) is 2.85. The van der Waals surface area contributed by atoms with Crippen molar-refractivity contribution in [2.24, 2.45) is 0 Å². The Morgan fingerprint density at radius 2 is 2.05 bits per heavy atom. The molecule has 0 aliphatic heterocycles. The molecule has 96 valence electrons. The first-order valence-electron chi connectivity index (χ1n) is 6.03. The summed E-state index contributed by atoms with van der Waals surface area (Å²) in [4.78, 5) is 18.3. The quantitative estimate of drug-likeness (QED) is 0.765. The van der Waals surface area contributed by atoms with Crippen LogP contribution in [0.1, 0.15) is 11.4 Å². The topological polar surface area (TPSA) is 57.8 Å². The van der Waals surface area contributed by atoms with Gasteiger partial charge < -0.3 is 10.3 Å². The van der Waals surface area contributed by atoms with Crippen LogP contribution in [-0.2, 0) is 13.1 Å². The zero-order valence-corrected chi connectivity index (χ0v) is 11.0. The molecule has 3 rings (SSSR count). The lowest BCUT2D eigenvalue weighted by molar-refractivity contribution is 0.671. The number of aromatic nitrogens is 2. The summed E-state index contributed by atoms with van der Waals surface area (Å²) in [6.45, 7) is 1.33. The Kier molecular flexibility index (Phi) is 3.39. The van der Waals surface area contributed by atoms with Gasteiger partial charge >= 0.3 is 4.87 Å². The van der Waals surface area contributed by atoms with Gasteiger partial charge in [0.2, 0.25) is 0 Å². The molecule has 19 heavy (non-hydrogen) atoms. The molecule has 1 aromatic carbocycles. The van der Waals surface area contributed by atoms with Crippen LogP contribution in [0.25, 0.3) is 10.9 Å². The van der Waals surface area contributed by atoms with Crippen molar-refractivity contribution in [1.29, 1.82) is 0 Å². The lowest BCUT2D eigenvalue weighted by Crippen LogP contribution is -2.14. The van der Waals surface area contributed by atoms with E-state index in [9.17, 15) is 4.79 Å². The summed E-state index contributed by atoms with van der Waals surface area (Å²) in [7, 11) is 0. The van der Waals surface area contributed by atoms with Crippen molar-refractivity contribution in [2.45, 2.75) is 13.1 Å². The van der Waals surface area contributed by atoms with Gasteiger partial charge in [-0.3, -0.25) is 9.78 Å². The summed E-state index contributed by atoms with van der Waals surface area (Å²) in [6.07, 6.45) is 0. The van der Waals surface area contributed by atoms with E-state index in [-0.39, 0.29) is 4.87 Å². The summed E-state index contributed by atoms with van der Waals surface area (Å²) in [6, 6.07) is 12.2. The fourth-order valence-electron chi connectivity index (χ4n) is 1.93. The number of pyridine rings is 1. The standard InChI is InChI=1S/C14H13N3OS/c18-14-17-12(9-19-14)8-15-7-11-6-5-10-3-1-2-4-13(10)16-11/h1-6,9,15H,7-8H2,(H,17,18). The third kappa shape index (κ3) is 2.89. The van der Waals surface area contributed by atoms with Crippen LogP contribution in [0, 0.1) is 0 Å². The van der Waals surface area contributed by atoms with Crippen LogP contribution in [0.15, 0.2) is 46.6 Å². The Hall–Kier alpha value is -1.98. The molecule has 5 heteroatoms. The molecular weight excluding hydrogens is 258 g/mol. The van der Waals surface area contributed by atoms with Crippen LogP contribution in [0.2, 0.25) is 0 Å². The van der Waals surface area contributed by atoms with Crippen LogP contribution < -0.4 is 10.2 Å². The van der Waals surface area contributed by atoms with E-state index in [1.54, 1.807) is 0 Å². The van der Waals surface area contributed by atoms with Gasteiger partial charge in [-0.15, -0.1) is 0 Å². The minimum Gasteiger partial charge on any atom is -0.315 e. The number of nitrogens with zero attached hydrogens (tertiary/aromatic N) is 1. The summed E-state index contributed by atoms with van der Waals surface area (Å²) < 4.78 is 0. The van der Waals surface area contributed by atoms with E-state index >= 15 is 0 Å². The maximum absolute atomic E-state index is 11.0. The Balaban J connectivity index is 1.66. The van der Waals surface area contributed by atoms with Crippen LogP contribution >= 0.6 is 11.3 Å². The lowest BCUT2D eigenvalue weighted by atomic mass is 10.2. The van der Waals surface area contributed by atoms with Crippen molar-refractivity contribution in [3.05, 3.63) is 62.8 Å². The second kappa shape index (κ2) is 5.34. The molecule has 0 atom stereocenters. The number of aromatic amines is 1. The smallest absolute Gasteiger partial charge is 0.304 e. The Labute approximate surface area is 114 Å². The van der Waals surface area contributed by atoms with Gasteiger partial charge in [-0.25, -0.2) is 0 Å². The van der Waals surface area contributed by atoms with Gasteiger partial charge in [0.15, 0.2) is 0 Å². The van der Waals surface area contributed by atoms with E-state index in [0.29, 0.717) is 13.1 Å². The third-order valence-corrected chi connectivity index (χ3v) is 3.57. The van der Waals surface area contributed by atoms with E-state index in [1.807, 2.05) is 29.6 Å². The SMILES string of the molecule is O=c1[nH]c(CNCc2ccc3ccccc3n2)cs1. The molecule has 3 aromatic rings. The highest BCUT2D eigenvalue weighted by Gasteiger charge is 1.99. The number of para-hydroxylation sites is 1. The average Bonchev–Trinajstić information content (AvgIpc) is 2.84. The zero-order chi connectivity index (χ0) is 13.1. The number of thiazole rings is 1. The maximum Gasteiger partial charge on any atom is 0.304 e. The molecule has 0 amide bonds. The fourth-order valence-corrected chi connectivity index (χ4v) is 2.51. The normalized spacial score (nSPS) is 10.9. The van der Waals surface area contributed by atoms with Gasteiger partial charge in [-0.1, -0.05) is 35.6 Å². The van der Waals surface area contributed by atoms with E-state index in [2.05, 4.69) is 27.4 Å². The average molecular weight is 271 g/mol. The second-order valence-corrected chi connectivity index (χ2v) is 5.11. The van der Waals surface area contributed by atoms with Gasteiger partial charge in [0.05, 0.1) is 11.2 Å². The molecule has 0 aliphatic rings. The van der Waals surface area contributed by atoms with Crippen LogP contribution in [0.5, 0.6) is 0 Å². The van der Waals surface area contributed by atoms with E-state index in [1.165, 1.54) is 11.3 Å². The number of fused-ring (bicyclic) bond motifs is 1. The molecular formula is C14H13N3OS. The molecule has 0 unspecified atom stereocenters. The second-order valence-electron chi connectivity index (χ2n) is 4.27. The van der Waals surface area contributed by atoms with E-state index in [4.69, 9.17) is 0 Å². The Bertz CT molecular complexity index is 747. The van der Waals surface area contributed by atoms with Crippen molar-refractivity contribution < 1.29 is 0 Å². The van der Waals surface area contributed by atoms with Crippen molar-refractivity contribution >= 4 is 22.2 Å². The van der Waals surface area contributed by atoms with Crippen molar-refractivity contribution in [1.82, 2.24) is 15.3 Å².